The van der Waals surface area contributed by atoms with Crippen LogP contribution in [0.1, 0.15) is 18.9 Å². The molecule has 0 amide bonds. The topological polar surface area (TPSA) is 39.5 Å². The Morgan fingerprint density at radius 1 is 1.12 bits per heavy atom. The molecule has 5 nitrogen and oxygen atoms in total. The summed E-state index contributed by atoms with van der Waals surface area (Å²) in [5, 5.41) is 0. The number of hydrogen-bond donors (Lipinski definition) is 0. The van der Waals surface area contributed by atoms with Crippen molar-refractivity contribution in [3.05, 3.63) is 54.4 Å². The number of imidazole rings is 1. The molecule has 0 bridgehead atoms. The highest BCUT2D eigenvalue weighted by atomic mass is 19.4. The SMILES string of the molecule is CC1OCN(c2ccc(OC(F)(F)F)cc2)Cn2c1nc1ccccc12. The third-order valence-electron chi connectivity index (χ3n) is 4.28. The predicted octanol–water partition coefficient (Wildman–Crippen LogP) is 4.45. The van der Waals surface area contributed by atoms with E-state index in [4.69, 9.17) is 4.74 Å². The zero-order chi connectivity index (χ0) is 18.3. The van der Waals surface area contributed by atoms with E-state index in [-0.39, 0.29) is 11.9 Å². The van der Waals surface area contributed by atoms with Gasteiger partial charge in [0.1, 0.15) is 24.4 Å². The molecule has 0 aliphatic carbocycles. The van der Waals surface area contributed by atoms with E-state index in [1.54, 1.807) is 12.1 Å². The van der Waals surface area contributed by atoms with Gasteiger partial charge in [-0.2, -0.15) is 0 Å². The minimum Gasteiger partial charge on any atom is -0.406 e. The summed E-state index contributed by atoms with van der Waals surface area (Å²) in [5.41, 5.74) is 2.60. The molecule has 0 radical (unpaired) electrons. The first kappa shape index (κ1) is 16.7. The Morgan fingerprint density at radius 2 is 1.85 bits per heavy atom. The third kappa shape index (κ3) is 3.20. The van der Waals surface area contributed by atoms with E-state index >= 15 is 0 Å². The number of aromatic nitrogens is 2. The summed E-state index contributed by atoms with van der Waals surface area (Å²) in [6.45, 7) is 2.72. The molecular formula is C18H16F3N3O2. The Kier molecular flexibility index (Phi) is 3.99. The van der Waals surface area contributed by atoms with Gasteiger partial charge in [0.15, 0.2) is 0 Å². The minimum absolute atomic E-state index is 0.194. The molecule has 0 N–H and O–H groups in total. The van der Waals surface area contributed by atoms with Crippen molar-refractivity contribution < 1.29 is 22.6 Å². The molecule has 0 fully saturated rings. The molecule has 1 aromatic heterocycles. The molecule has 3 aromatic rings. The highest BCUT2D eigenvalue weighted by Crippen LogP contribution is 2.30. The van der Waals surface area contributed by atoms with Crippen molar-refractivity contribution >= 4 is 16.7 Å². The average molecular weight is 363 g/mol. The van der Waals surface area contributed by atoms with Crippen molar-refractivity contribution in [3.63, 3.8) is 0 Å². The smallest absolute Gasteiger partial charge is 0.406 e. The lowest BCUT2D eigenvalue weighted by molar-refractivity contribution is -0.274. The molecule has 1 unspecified atom stereocenters. The van der Waals surface area contributed by atoms with Gasteiger partial charge in [-0.25, -0.2) is 4.98 Å². The number of nitrogens with zero attached hydrogens (tertiary/aromatic N) is 3. The Hall–Kier alpha value is -2.74. The maximum absolute atomic E-state index is 12.3. The molecule has 8 heteroatoms. The molecule has 2 aromatic carbocycles. The summed E-state index contributed by atoms with van der Waals surface area (Å²) >= 11 is 0. The second kappa shape index (κ2) is 6.21. The average Bonchev–Trinajstić information content (AvgIpc) is 2.88. The molecule has 0 saturated carbocycles. The Morgan fingerprint density at radius 3 is 2.58 bits per heavy atom. The molecule has 1 aliphatic rings. The summed E-state index contributed by atoms with van der Waals surface area (Å²) in [6, 6.07) is 13.6. The van der Waals surface area contributed by atoms with Crippen LogP contribution in [0.5, 0.6) is 5.75 Å². The van der Waals surface area contributed by atoms with E-state index in [0.29, 0.717) is 13.4 Å². The van der Waals surface area contributed by atoms with Gasteiger partial charge in [-0.3, -0.25) is 0 Å². The van der Waals surface area contributed by atoms with Gasteiger partial charge < -0.3 is 18.9 Å². The van der Waals surface area contributed by atoms with Crippen molar-refractivity contribution in [3.8, 4) is 5.75 Å². The van der Waals surface area contributed by atoms with Gasteiger partial charge in [0.25, 0.3) is 0 Å². The van der Waals surface area contributed by atoms with Gasteiger partial charge in [0, 0.05) is 5.69 Å². The van der Waals surface area contributed by atoms with E-state index in [1.807, 2.05) is 36.1 Å². The van der Waals surface area contributed by atoms with Crippen molar-refractivity contribution in [2.24, 2.45) is 0 Å². The molecular weight excluding hydrogens is 347 g/mol. The van der Waals surface area contributed by atoms with Gasteiger partial charge in [-0.05, 0) is 43.3 Å². The summed E-state index contributed by atoms with van der Waals surface area (Å²) in [4.78, 5) is 6.57. The van der Waals surface area contributed by atoms with Gasteiger partial charge in [0.2, 0.25) is 0 Å². The van der Waals surface area contributed by atoms with Crippen LogP contribution in [0.25, 0.3) is 11.0 Å². The van der Waals surface area contributed by atoms with E-state index < -0.39 is 6.36 Å². The number of anilines is 1. The lowest BCUT2D eigenvalue weighted by Crippen LogP contribution is -2.26. The molecule has 1 atom stereocenters. The minimum atomic E-state index is -4.70. The fourth-order valence-electron chi connectivity index (χ4n) is 3.06. The summed E-state index contributed by atoms with van der Waals surface area (Å²) in [5.74, 6) is 0.574. The van der Waals surface area contributed by atoms with E-state index in [1.165, 1.54) is 12.1 Å². The Labute approximate surface area is 147 Å². The molecule has 4 rings (SSSR count). The van der Waals surface area contributed by atoms with E-state index in [9.17, 15) is 13.2 Å². The van der Waals surface area contributed by atoms with Crippen LogP contribution in [0, 0.1) is 0 Å². The van der Waals surface area contributed by atoms with E-state index in [0.717, 1.165) is 22.5 Å². The van der Waals surface area contributed by atoms with Crippen molar-refractivity contribution in [2.75, 3.05) is 11.6 Å². The second-order valence-electron chi connectivity index (χ2n) is 6.05. The maximum atomic E-state index is 12.3. The fraction of sp³-hybridized carbons (Fsp3) is 0.278. The molecule has 0 spiro atoms. The zero-order valence-corrected chi connectivity index (χ0v) is 13.9. The van der Waals surface area contributed by atoms with Gasteiger partial charge in [-0.1, -0.05) is 12.1 Å². The Balaban J connectivity index is 1.64. The van der Waals surface area contributed by atoms with Gasteiger partial charge >= 0.3 is 6.36 Å². The maximum Gasteiger partial charge on any atom is 0.573 e. The second-order valence-corrected chi connectivity index (χ2v) is 6.05. The first-order chi connectivity index (χ1) is 12.4. The number of ether oxygens (including phenoxy) is 2. The number of rotatable bonds is 2. The predicted molar refractivity (Wildman–Crippen MR) is 89.7 cm³/mol. The summed E-state index contributed by atoms with van der Waals surface area (Å²) in [6.07, 6.45) is -4.90. The highest BCUT2D eigenvalue weighted by Gasteiger charge is 2.31. The number of benzene rings is 2. The van der Waals surface area contributed by atoms with Crippen molar-refractivity contribution in [1.82, 2.24) is 9.55 Å². The lowest BCUT2D eigenvalue weighted by atomic mass is 10.3. The van der Waals surface area contributed by atoms with Gasteiger partial charge in [-0.15, -0.1) is 13.2 Å². The van der Waals surface area contributed by atoms with Crippen LogP contribution in [0.4, 0.5) is 18.9 Å². The lowest BCUT2D eigenvalue weighted by Gasteiger charge is -2.23. The Bertz CT molecular complexity index is 922. The van der Waals surface area contributed by atoms with Crippen molar-refractivity contribution in [2.45, 2.75) is 26.1 Å². The largest absolute Gasteiger partial charge is 0.573 e. The normalized spacial score (nSPS) is 17.8. The number of alkyl halides is 3. The quantitative estimate of drug-likeness (QED) is 0.675. The van der Waals surface area contributed by atoms with Crippen LogP contribution >= 0.6 is 0 Å². The number of hydrogen-bond acceptors (Lipinski definition) is 4. The number of halogens is 3. The molecule has 136 valence electrons. The van der Waals surface area contributed by atoms with Crippen LogP contribution in [-0.4, -0.2) is 22.6 Å². The number of para-hydroxylation sites is 2. The first-order valence-corrected chi connectivity index (χ1v) is 8.08. The first-order valence-electron chi connectivity index (χ1n) is 8.08. The molecule has 1 aliphatic heterocycles. The zero-order valence-electron chi connectivity index (χ0n) is 13.9. The number of fused-ring (bicyclic) bond motifs is 3. The summed E-state index contributed by atoms with van der Waals surface area (Å²) in [7, 11) is 0. The van der Waals surface area contributed by atoms with Crippen LogP contribution in [-0.2, 0) is 11.4 Å². The van der Waals surface area contributed by atoms with Crippen LogP contribution in [0.2, 0.25) is 0 Å². The van der Waals surface area contributed by atoms with Crippen LogP contribution in [0.3, 0.4) is 0 Å². The molecule has 0 saturated heterocycles. The molecule has 2 heterocycles. The third-order valence-corrected chi connectivity index (χ3v) is 4.28. The monoisotopic (exact) mass is 363 g/mol. The van der Waals surface area contributed by atoms with E-state index in [2.05, 4.69) is 14.3 Å². The van der Waals surface area contributed by atoms with Crippen LogP contribution < -0.4 is 9.64 Å². The van der Waals surface area contributed by atoms with Gasteiger partial charge in [0.05, 0.1) is 17.7 Å². The highest BCUT2D eigenvalue weighted by molar-refractivity contribution is 5.76. The summed E-state index contributed by atoms with van der Waals surface area (Å²) < 4.78 is 48.8. The fourth-order valence-corrected chi connectivity index (χ4v) is 3.06. The van der Waals surface area contributed by atoms with Crippen LogP contribution in [0.15, 0.2) is 48.5 Å². The standard InChI is InChI=1S/C18H16F3N3O2/c1-12-17-22-15-4-2-3-5-16(15)24(17)10-23(11-25-12)13-6-8-14(9-7-13)26-18(19,20)21/h2-9,12H,10-11H2,1H3. The van der Waals surface area contributed by atoms with Crippen molar-refractivity contribution in [1.29, 1.82) is 0 Å². The molecule has 26 heavy (non-hydrogen) atoms.